The summed E-state index contributed by atoms with van der Waals surface area (Å²) in [5.41, 5.74) is 0. The molecule has 0 aliphatic carbocycles. The van der Waals surface area contributed by atoms with Crippen LogP contribution in [-0.4, -0.2) is 26.7 Å². The molecule has 1 atom stereocenters. The predicted molar refractivity (Wildman–Crippen MR) is 72.7 cm³/mol. The highest BCUT2D eigenvalue weighted by atomic mass is 28.4. The largest absolute Gasteiger partial charge is 0.402 e. The highest BCUT2D eigenvalue weighted by Crippen LogP contribution is 2.26. The Balaban J connectivity index is 2.22. The summed E-state index contributed by atoms with van der Waals surface area (Å²) in [6, 6.07) is 1.28. The molecule has 1 saturated heterocycles. The first-order chi connectivity index (χ1) is 7.73. The van der Waals surface area contributed by atoms with Crippen molar-refractivity contribution in [1.82, 2.24) is 4.57 Å². The summed E-state index contributed by atoms with van der Waals surface area (Å²) in [5.74, 6) is 0. The van der Waals surface area contributed by atoms with Gasteiger partial charge in [0.05, 0.1) is 0 Å². The normalized spacial score (nSPS) is 25.8. The molecule has 0 spiro atoms. The van der Waals surface area contributed by atoms with E-state index in [0.717, 1.165) is 0 Å². The summed E-state index contributed by atoms with van der Waals surface area (Å²) >= 11 is 0. The van der Waals surface area contributed by atoms with Crippen LogP contribution >= 0.6 is 0 Å². The molecule has 1 aliphatic heterocycles. The standard InChI is InChI=1S/C13H27NOSi/c1-4-5-6-7-8-9-11-14-12-10-13-16(14,3)15-2/h9,11H,4-8,10,12-13H2,1-3H3. The van der Waals surface area contributed by atoms with Crippen molar-refractivity contribution < 1.29 is 4.43 Å². The number of nitrogens with zero attached hydrogens (tertiary/aromatic N) is 1. The van der Waals surface area contributed by atoms with E-state index in [1.807, 2.05) is 7.11 Å². The fourth-order valence-corrected chi connectivity index (χ4v) is 4.89. The van der Waals surface area contributed by atoms with E-state index in [-0.39, 0.29) is 0 Å². The third kappa shape index (κ3) is 3.94. The van der Waals surface area contributed by atoms with Gasteiger partial charge >= 0.3 is 0 Å². The van der Waals surface area contributed by atoms with Gasteiger partial charge in [0, 0.05) is 13.7 Å². The molecule has 94 valence electrons. The molecule has 0 radical (unpaired) electrons. The molecule has 0 aromatic carbocycles. The van der Waals surface area contributed by atoms with Crippen molar-refractivity contribution in [1.29, 1.82) is 0 Å². The highest BCUT2D eigenvalue weighted by Gasteiger charge is 2.38. The van der Waals surface area contributed by atoms with Gasteiger partial charge in [-0.05, 0) is 38.1 Å². The Morgan fingerprint density at radius 3 is 2.81 bits per heavy atom. The summed E-state index contributed by atoms with van der Waals surface area (Å²) in [5, 5.41) is 0. The van der Waals surface area contributed by atoms with Crippen molar-refractivity contribution in [2.45, 2.75) is 58.0 Å². The minimum atomic E-state index is -1.52. The molecule has 0 amide bonds. The van der Waals surface area contributed by atoms with E-state index in [1.54, 1.807) is 0 Å². The van der Waals surface area contributed by atoms with Crippen molar-refractivity contribution in [2.75, 3.05) is 13.7 Å². The van der Waals surface area contributed by atoms with Crippen LogP contribution in [0, 0.1) is 0 Å². The Morgan fingerprint density at radius 2 is 2.12 bits per heavy atom. The molecule has 0 bridgehead atoms. The van der Waals surface area contributed by atoms with Crippen LogP contribution in [0.3, 0.4) is 0 Å². The van der Waals surface area contributed by atoms with Crippen LogP contribution in [-0.2, 0) is 4.43 Å². The summed E-state index contributed by atoms with van der Waals surface area (Å²) in [7, 11) is 0.356. The SMILES string of the molecule is CCCCCCC=CN1CCC[Si]1(C)OC. The minimum Gasteiger partial charge on any atom is -0.402 e. The second kappa shape index (κ2) is 7.12. The molecule has 1 aliphatic rings. The monoisotopic (exact) mass is 241 g/mol. The van der Waals surface area contributed by atoms with Crippen LogP contribution in [0.15, 0.2) is 12.3 Å². The van der Waals surface area contributed by atoms with E-state index >= 15 is 0 Å². The first kappa shape index (κ1) is 13.8. The van der Waals surface area contributed by atoms with Gasteiger partial charge in [-0.25, -0.2) is 0 Å². The number of hydrogen-bond donors (Lipinski definition) is 0. The molecule has 2 nitrogen and oxygen atoms in total. The van der Waals surface area contributed by atoms with Crippen molar-refractivity contribution in [2.24, 2.45) is 0 Å². The average Bonchev–Trinajstić information content (AvgIpc) is 2.66. The fraction of sp³-hybridized carbons (Fsp3) is 0.846. The number of unbranched alkanes of at least 4 members (excludes halogenated alkanes) is 4. The average molecular weight is 241 g/mol. The van der Waals surface area contributed by atoms with Gasteiger partial charge in [0.15, 0.2) is 0 Å². The Labute approximate surface area is 102 Å². The van der Waals surface area contributed by atoms with Gasteiger partial charge in [0.2, 0.25) is 0 Å². The van der Waals surface area contributed by atoms with E-state index in [9.17, 15) is 0 Å². The van der Waals surface area contributed by atoms with Gasteiger partial charge in [0.1, 0.15) is 0 Å². The van der Waals surface area contributed by atoms with Crippen LogP contribution in [0.2, 0.25) is 12.6 Å². The summed E-state index contributed by atoms with van der Waals surface area (Å²) in [6.45, 7) is 5.78. The second-order valence-electron chi connectivity index (χ2n) is 4.91. The van der Waals surface area contributed by atoms with Gasteiger partial charge in [-0.15, -0.1) is 0 Å². The molecular weight excluding hydrogens is 214 g/mol. The molecule has 1 heterocycles. The van der Waals surface area contributed by atoms with Gasteiger partial charge in [0.25, 0.3) is 8.48 Å². The summed E-state index contributed by atoms with van der Waals surface area (Å²) in [4.78, 5) is 0. The molecule has 0 aromatic heterocycles. The molecule has 1 fully saturated rings. The Morgan fingerprint density at radius 1 is 1.31 bits per heavy atom. The van der Waals surface area contributed by atoms with Crippen LogP contribution in [0.4, 0.5) is 0 Å². The van der Waals surface area contributed by atoms with Gasteiger partial charge < -0.3 is 8.99 Å². The van der Waals surface area contributed by atoms with Crippen LogP contribution in [0.25, 0.3) is 0 Å². The van der Waals surface area contributed by atoms with Crippen LogP contribution in [0.1, 0.15) is 45.4 Å². The third-order valence-electron chi connectivity index (χ3n) is 3.60. The molecule has 0 aromatic rings. The van der Waals surface area contributed by atoms with Crippen molar-refractivity contribution in [3.05, 3.63) is 12.3 Å². The van der Waals surface area contributed by atoms with E-state index in [0.29, 0.717) is 0 Å². The first-order valence-electron chi connectivity index (χ1n) is 6.71. The van der Waals surface area contributed by atoms with E-state index < -0.39 is 8.48 Å². The molecule has 1 rings (SSSR count). The third-order valence-corrected chi connectivity index (χ3v) is 7.35. The topological polar surface area (TPSA) is 12.5 Å². The van der Waals surface area contributed by atoms with E-state index in [1.165, 1.54) is 51.1 Å². The maximum absolute atomic E-state index is 5.72. The quantitative estimate of drug-likeness (QED) is 0.495. The second-order valence-corrected chi connectivity index (χ2v) is 8.74. The van der Waals surface area contributed by atoms with Crippen LogP contribution < -0.4 is 0 Å². The van der Waals surface area contributed by atoms with Gasteiger partial charge in [-0.1, -0.05) is 32.3 Å². The Kier molecular flexibility index (Phi) is 6.13. The zero-order valence-electron chi connectivity index (χ0n) is 11.2. The molecule has 16 heavy (non-hydrogen) atoms. The maximum Gasteiger partial charge on any atom is 0.296 e. The fourth-order valence-electron chi connectivity index (χ4n) is 2.30. The lowest BCUT2D eigenvalue weighted by atomic mass is 10.1. The highest BCUT2D eigenvalue weighted by molar-refractivity contribution is 6.70. The zero-order chi connectivity index (χ0) is 11.9. The Hall–Kier alpha value is -0.283. The van der Waals surface area contributed by atoms with E-state index in [4.69, 9.17) is 4.43 Å². The maximum atomic E-state index is 5.72. The molecule has 0 N–H and O–H groups in total. The minimum absolute atomic E-state index is 1.20. The number of hydrogen-bond acceptors (Lipinski definition) is 2. The van der Waals surface area contributed by atoms with Crippen molar-refractivity contribution in [3.63, 3.8) is 0 Å². The summed E-state index contributed by atoms with van der Waals surface area (Å²) in [6.07, 6.45) is 12.6. The Bertz CT molecular complexity index is 220. The zero-order valence-corrected chi connectivity index (χ0v) is 12.2. The smallest absolute Gasteiger partial charge is 0.296 e. The number of rotatable bonds is 7. The lowest BCUT2D eigenvalue weighted by molar-refractivity contribution is 0.353. The molecule has 3 heteroatoms. The first-order valence-corrected chi connectivity index (χ1v) is 9.28. The van der Waals surface area contributed by atoms with Crippen molar-refractivity contribution >= 4 is 8.48 Å². The molecule has 1 unspecified atom stereocenters. The lowest BCUT2D eigenvalue weighted by Crippen LogP contribution is -2.44. The van der Waals surface area contributed by atoms with E-state index in [2.05, 4.69) is 30.3 Å². The predicted octanol–water partition coefficient (Wildman–Crippen LogP) is 3.89. The van der Waals surface area contributed by atoms with Crippen molar-refractivity contribution in [3.8, 4) is 0 Å². The summed E-state index contributed by atoms with van der Waals surface area (Å²) < 4.78 is 8.20. The number of allylic oxidation sites excluding steroid dienone is 1. The molecular formula is C13H27NOSi. The van der Waals surface area contributed by atoms with Gasteiger partial charge in [-0.2, -0.15) is 0 Å². The van der Waals surface area contributed by atoms with Crippen LogP contribution in [0.5, 0.6) is 0 Å². The van der Waals surface area contributed by atoms with Gasteiger partial charge in [-0.3, -0.25) is 0 Å². The lowest BCUT2D eigenvalue weighted by Gasteiger charge is -2.29. The molecule has 0 saturated carbocycles.